The van der Waals surface area contributed by atoms with Crippen molar-refractivity contribution in [1.82, 2.24) is 19.7 Å². The minimum Gasteiger partial charge on any atom is -0.317 e. The first-order valence-electron chi connectivity index (χ1n) is 8.08. The van der Waals surface area contributed by atoms with E-state index in [1.54, 1.807) is 41.6 Å². The van der Waals surface area contributed by atoms with Crippen molar-refractivity contribution in [3.63, 3.8) is 0 Å². The predicted molar refractivity (Wildman–Crippen MR) is 99.0 cm³/mol. The highest BCUT2D eigenvalue weighted by Gasteiger charge is 2.24. The van der Waals surface area contributed by atoms with Crippen LogP contribution in [-0.2, 0) is 13.1 Å². The molecule has 0 unspecified atom stereocenters. The third-order valence-electron chi connectivity index (χ3n) is 4.29. The molecule has 0 saturated carbocycles. The Morgan fingerprint density at radius 2 is 2.00 bits per heavy atom. The summed E-state index contributed by atoms with van der Waals surface area (Å²) < 4.78 is 15.7. The number of benzene rings is 1. The van der Waals surface area contributed by atoms with Crippen molar-refractivity contribution in [2.75, 3.05) is 11.9 Å². The largest absolute Gasteiger partial charge is 0.322 e. The zero-order valence-electron chi connectivity index (χ0n) is 13.7. The molecule has 0 fully saturated rings. The number of hydrogen-bond acceptors (Lipinski definition) is 3. The van der Waals surface area contributed by atoms with Crippen LogP contribution in [0.3, 0.4) is 0 Å². The van der Waals surface area contributed by atoms with Gasteiger partial charge in [0, 0.05) is 24.0 Å². The average Bonchev–Trinajstić information content (AvgIpc) is 3.05. The summed E-state index contributed by atoms with van der Waals surface area (Å²) >= 11 is 3.29. The number of halogens is 2. The van der Waals surface area contributed by atoms with Crippen molar-refractivity contribution >= 4 is 27.6 Å². The Labute approximate surface area is 157 Å². The van der Waals surface area contributed by atoms with Crippen LogP contribution in [0.5, 0.6) is 0 Å². The molecule has 3 heterocycles. The number of amides is 2. The summed E-state index contributed by atoms with van der Waals surface area (Å²) in [5, 5.41) is 7.27. The molecule has 2 amide bonds. The summed E-state index contributed by atoms with van der Waals surface area (Å²) in [6.07, 6.45) is 3.39. The molecule has 0 atom stereocenters. The van der Waals surface area contributed by atoms with E-state index in [0.717, 1.165) is 16.8 Å². The Hall–Kier alpha value is -2.74. The second-order valence-corrected chi connectivity index (χ2v) is 6.77. The summed E-state index contributed by atoms with van der Waals surface area (Å²) in [6, 6.07) is 9.60. The van der Waals surface area contributed by atoms with Gasteiger partial charge in [-0.25, -0.2) is 14.2 Å². The van der Waals surface area contributed by atoms with Crippen LogP contribution >= 0.6 is 15.9 Å². The Morgan fingerprint density at radius 1 is 1.19 bits per heavy atom. The number of anilines is 1. The summed E-state index contributed by atoms with van der Waals surface area (Å²) in [7, 11) is 0. The molecular formula is C18H15BrFN5O. The van der Waals surface area contributed by atoms with E-state index in [1.165, 1.54) is 12.1 Å². The lowest BCUT2D eigenvalue weighted by Gasteiger charge is -2.28. The van der Waals surface area contributed by atoms with E-state index in [0.29, 0.717) is 29.9 Å². The maximum atomic E-state index is 13.2. The molecule has 2 aromatic heterocycles. The van der Waals surface area contributed by atoms with Gasteiger partial charge in [-0.3, -0.25) is 4.68 Å². The molecule has 0 bridgehead atoms. The van der Waals surface area contributed by atoms with Crippen LogP contribution in [0, 0.1) is 5.82 Å². The van der Waals surface area contributed by atoms with Gasteiger partial charge in [-0.2, -0.15) is 5.10 Å². The number of fused-ring (bicyclic) bond motifs is 1. The van der Waals surface area contributed by atoms with Gasteiger partial charge in [0.15, 0.2) is 0 Å². The smallest absolute Gasteiger partial charge is 0.317 e. The maximum Gasteiger partial charge on any atom is 0.322 e. The Morgan fingerprint density at radius 3 is 2.77 bits per heavy atom. The van der Waals surface area contributed by atoms with Crippen molar-refractivity contribution in [2.45, 2.75) is 13.1 Å². The van der Waals surface area contributed by atoms with E-state index in [9.17, 15) is 9.18 Å². The van der Waals surface area contributed by atoms with Crippen LogP contribution in [0.15, 0.2) is 53.4 Å². The fourth-order valence-corrected chi connectivity index (χ4v) is 3.34. The lowest BCUT2D eigenvalue weighted by molar-refractivity contribution is 0.194. The first kappa shape index (κ1) is 16.7. The molecule has 0 radical (unpaired) electrons. The fraction of sp³-hybridized carbons (Fsp3) is 0.167. The highest BCUT2D eigenvalue weighted by Crippen LogP contribution is 2.27. The molecule has 4 rings (SSSR count). The Balaban J connectivity index is 1.54. The third-order valence-corrected chi connectivity index (χ3v) is 4.72. The van der Waals surface area contributed by atoms with Gasteiger partial charge in [0.1, 0.15) is 10.4 Å². The van der Waals surface area contributed by atoms with E-state index in [2.05, 4.69) is 31.3 Å². The van der Waals surface area contributed by atoms with Gasteiger partial charge in [-0.1, -0.05) is 12.1 Å². The second kappa shape index (κ2) is 6.87. The molecule has 132 valence electrons. The van der Waals surface area contributed by atoms with Gasteiger partial charge in [-0.15, -0.1) is 0 Å². The van der Waals surface area contributed by atoms with Gasteiger partial charge >= 0.3 is 6.03 Å². The molecule has 0 spiro atoms. The van der Waals surface area contributed by atoms with E-state index >= 15 is 0 Å². The van der Waals surface area contributed by atoms with Crippen molar-refractivity contribution in [3.8, 4) is 11.1 Å². The van der Waals surface area contributed by atoms with Gasteiger partial charge in [-0.05, 0) is 45.8 Å². The van der Waals surface area contributed by atoms with Crippen LogP contribution in [0.4, 0.5) is 14.9 Å². The number of aromatic nitrogens is 3. The first-order chi connectivity index (χ1) is 12.6. The van der Waals surface area contributed by atoms with E-state index in [-0.39, 0.29) is 11.8 Å². The number of hydrogen-bond donors (Lipinski definition) is 1. The lowest BCUT2D eigenvalue weighted by Crippen LogP contribution is -2.41. The van der Waals surface area contributed by atoms with E-state index < -0.39 is 0 Å². The molecule has 1 aliphatic heterocycles. The number of nitrogens with zero attached hydrogens (tertiary/aromatic N) is 4. The maximum absolute atomic E-state index is 13.2. The topological polar surface area (TPSA) is 63.1 Å². The average molecular weight is 416 g/mol. The number of carbonyl (C=O) groups excluding carboxylic acids is 1. The summed E-state index contributed by atoms with van der Waals surface area (Å²) in [6.45, 7) is 1.62. The minimum atomic E-state index is -0.278. The van der Waals surface area contributed by atoms with Crippen molar-refractivity contribution in [3.05, 3.63) is 64.9 Å². The molecule has 8 heteroatoms. The Kier molecular flexibility index (Phi) is 4.42. The normalized spacial score (nSPS) is 13.4. The quantitative estimate of drug-likeness (QED) is 0.645. The SMILES string of the molecule is O=C(Nc1ccnc(Br)c1)N1CCn2ncc(-c3ccc(F)cc3)c2C1. The van der Waals surface area contributed by atoms with Crippen molar-refractivity contribution in [1.29, 1.82) is 0 Å². The zero-order valence-corrected chi connectivity index (χ0v) is 15.3. The highest BCUT2D eigenvalue weighted by atomic mass is 79.9. The number of pyridine rings is 1. The number of carbonyl (C=O) groups is 1. The lowest BCUT2D eigenvalue weighted by atomic mass is 10.1. The van der Waals surface area contributed by atoms with Crippen molar-refractivity contribution < 1.29 is 9.18 Å². The second-order valence-electron chi connectivity index (χ2n) is 5.95. The molecule has 6 nitrogen and oxygen atoms in total. The van der Waals surface area contributed by atoms with Crippen LogP contribution in [0.25, 0.3) is 11.1 Å². The molecule has 0 saturated heterocycles. The molecule has 26 heavy (non-hydrogen) atoms. The third kappa shape index (κ3) is 3.32. The minimum absolute atomic E-state index is 0.180. The molecule has 1 aliphatic rings. The number of rotatable bonds is 2. The van der Waals surface area contributed by atoms with Gasteiger partial charge in [0.05, 0.1) is 25.0 Å². The zero-order chi connectivity index (χ0) is 18.1. The fourth-order valence-electron chi connectivity index (χ4n) is 2.97. The first-order valence-corrected chi connectivity index (χ1v) is 8.87. The highest BCUT2D eigenvalue weighted by molar-refractivity contribution is 9.10. The summed E-state index contributed by atoms with van der Waals surface area (Å²) in [5.41, 5.74) is 3.41. The molecule has 0 aliphatic carbocycles. The monoisotopic (exact) mass is 415 g/mol. The standard InChI is InChI=1S/C18H15BrFN5O/c19-17-9-14(5-6-21-17)23-18(26)24-7-8-25-16(11-24)15(10-22-25)12-1-3-13(20)4-2-12/h1-6,9-10H,7-8,11H2,(H,21,23,26). The number of urea groups is 1. The van der Waals surface area contributed by atoms with Gasteiger partial charge in [0.2, 0.25) is 0 Å². The van der Waals surface area contributed by atoms with Crippen LogP contribution in [0.2, 0.25) is 0 Å². The van der Waals surface area contributed by atoms with Gasteiger partial charge in [0.25, 0.3) is 0 Å². The summed E-state index contributed by atoms with van der Waals surface area (Å²) in [4.78, 5) is 18.4. The van der Waals surface area contributed by atoms with E-state index in [1.807, 2.05) is 4.68 Å². The van der Waals surface area contributed by atoms with Crippen LogP contribution in [0.1, 0.15) is 5.69 Å². The molecule has 3 aromatic rings. The van der Waals surface area contributed by atoms with Crippen molar-refractivity contribution in [2.24, 2.45) is 0 Å². The Bertz CT molecular complexity index is 956. The molecule has 1 N–H and O–H groups in total. The predicted octanol–water partition coefficient (Wildman–Crippen LogP) is 3.89. The molecule has 1 aromatic carbocycles. The van der Waals surface area contributed by atoms with E-state index in [4.69, 9.17) is 0 Å². The number of nitrogens with one attached hydrogen (secondary N) is 1. The van der Waals surface area contributed by atoms with Gasteiger partial charge < -0.3 is 10.2 Å². The van der Waals surface area contributed by atoms with Crippen LogP contribution < -0.4 is 5.32 Å². The van der Waals surface area contributed by atoms with Crippen LogP contribution in [-0.4, -0.2) is 32.2 Å². The molecular weight excluding hydrogens is 401 g/mol. The summed E-state index contributed by atoms with van der Waals surface area (Å²) in [5.74, 6) is -0.278.